The van der Waals surface area contributed by atoms with Crippen molar-refractivity contribution in [1.82, 2.24) is 14.6 Å². The highest BCUT2D eigenvalue weighted by atomic mass is 16.4. The van der Waals surface area contributed by atoms with Gasteiger partial charge in [0.05, 0.1) is 11.1 Å². The molecule has 0 aliphatic carbocycles. The Balaban J connectivity index is 2.04. The van der Waals surface area contributed by atoms with E-state index in [1.165, 1.54) is 16.9 Å². The van der Waals surface area contributed by atoms with Crippen molar-refractivity contribution in [3.05, 3.63) is 78.6 Å². The van der Waals surface area contributed by atoms with Crippen LogP contribution in [0.2, 0.25) is 0 Å². The highest BCUT2D eigenvalue weighted by molar-refractivity contribution is 5.92. The van der Waals surface area contributed by atoms with Crippen LogP contribution in [0.5, 0.6) is 0 Å². The summed E-state index contributed by atoms with van der Waals surface area (Å²) in [6, 6.07) is 19.7. The number of fused-ring (bicyclic) bond motifs is 1. The first kappa shape index (κ1) is 14.1. The summed E-state index contributed by atoms with van der Waals surface area (Å²) in [6.07, 6.45) is 2.85. The van der Waals surface area contributed by atoms with Gasteiger partial charge in [0.15, 0.2) is 5.65 Å². The van der Waals surface area contributed by atoms with Crippen molar-refractivity contribution in [2.45, 2.75) is 0 Å². The van der Waals surface area contributed by atoms with E-state index >= 15 is 0 Å². The minimum absolute atomic E-state index is 0.101. The molecule has 2 aromatic heterocycles. The molecule has 5 heteroatoms. The summed E-state index contributed by atoms with van der Waals surface area (Å²) in [5, 5.41) is 13.8. The Hall–Kier alpha value is -3.47. The molecule has 0 amide bonds. The molecule has 0 fully saturated rings. The van der Waals surface area contributed by atoms with E-state index in [2.05, 4.69) is 10.1 Å². The maximum absolute atomic E-state index is 11.2. The van der Waals surface area contributed by atoms with Crippen molar-refractivity contribution in [2.75, 3.05) is 0 Å². The molecule has 1 N–H and O–H groups in total. The Bertz CT molecular complexity index is 1020. The van der Waals surface area contributed by atoms with E-state index in [1.807, 2.05) is 60.7 Å². The maximum atomic E-state index is 11.2. The van der Waals surface area contributed by atoms with Gasteiger partial charge in [-0.25, -0.2) is 14.3 Å². The summed E-state index contributed by atoms with van der Waals surface area (Å²) in [6.45, 7) is 0. The molecule has 0 aliphatic rings. The highest BCUT2D eigenvalue weighted by Gasteiger charge is 2.18. The summed E-state index contributed by atoms with van der Waals surface area (Å²) in [4.78, 5) is 15.5. The predicted molar refractivity (Wildman–Crippen MR) is 90.8 cm³/mol. The molecular formula is C19H13N3O2. The molecule has 0 radical (unpaired) electrons. The molecule has 0 saturated carbocycles. The third-order valence-corrected chi connectivity index (χ3v) is 3.83. The molecule has 0 atom stereocenters. The molecule has 0 unspecified atom stereocenters. The average Bonchev–Trinajstić information content (AvgIpc) is 3.01. The molecule has 4 rings (SSSR count). The van der Waals surface area contributed by atoms with Gasteiger partial charge in [0.25, 0.3) is 0 Å². The first-order valence-electron chi connectivity index (χ1n) is 7.46. The minimum atomic E-state index is -1.03. The maximum Gasteiger partial charge on any atom is 0.338 e. The van der Waals surface area contributed by atoms with Gasteiger partial charge in [-0.3, -0.25) is 0 Å². The molecule has 116 valence electrons. The molecule has 0 bridgehead atoms. The van der Waals surface area contributed by atoms with Crippen LogP contribution in [-0.4, -0.2) is 25.7 Å². The van der Waals surface area contributed by atoms with E-state index in [4.69, 9.17) is 0 Å². The lowest BCUT2D eigenvalue weighted by Crippen LogP contribution is -2.01. The molecule has 24 heavy (non-hydrogen) atoms. The topological polar surface area (TPSA) is 67.5 Å². The van der Waals surface area contributed by atoms with Gasteiger partial charge in [-0.15, -0.1) is 0 Å². The Morgan fingerprint density at radius 3 is 2.17 bits per heavy atom. The number of carbonyl (C=O) groups is 1. The van der Waals surface area contributed by atoms with Crippen LogP contribution in [0, 0.1) is 0 Å². The molecule has 2 aromatic carbocycles. The zero-order chi connectivity index (χ0) is 16.5. The molecular weight excluding hydrogens is 302 g/mol. The number of carboxylic acids is 1. The van der Waals surface area contributed by atoms with Crippen LogP contribution in [0.3, 0.4) is 0 Å². The monoisotopic (exact) mass is 315 g/mol. The number of hydrogen-bond acceptors (Lipinski definition) is 3. The summed E-state index contributed by atoms with van der Waals surface area (Å²) < 4.78 is 1.54. The Labute approximate surface area is 137 Å². The van der Waals surface area contributed by atoms with Crippen LogP contribution in [0.15, 0.2) is 73.1 Å². The summed E-state index contributed by atoms with van der Waals surface area (Å²) in [5.74, 6) is -1.03. The lowest BCUT2D eigenvalue weighted by molar-refractivity contribution is 0.0695. The van der Waals surface area contributed by atoms with E-state index in [1.54, 1.807) is 0 Å². The third-order valence-electron chi connectivity index (χ3n) is 3.83. The summed E-state index contributed by atoms with van der Waals surface area (Å²) >= 11 is 0. The van der Waals surface area contributed by atoms with Crippen molar-refractivity contribution >= 4 is 11.6 Å². The lowest BCUT2D eigenvalue weighted by atomic mass is 10.0. The van der Waals surface area contributed by atoms with Crippen LogP contribution in [-0.2, 0) is 0 Å². The van der Waals surface area contributed by atoms with Gasteiger partial charge >= 0.3 is 5.97 Å². The van der Waals surface area contributed by atoms with Crippen molar-refractivity contribution in [3.8, 4) is 22.4 Å². The van der Waals surface area contributed by atoms with E-state index in [0.717, 1.165) is 22.4 Å². The van der Waals surface area contributed by atoms with Crippen LogP contribution < -0.4 is 0 Å². The van der Waals surface area contributed by atoms with E-state index < -0.39 is 5.97 Å². The lowest BCUT2D eigenvalue weighted by Gasteiger charge is -2.03. The number of nitrogens with zero attached hydrogens (tertiary/aromatic N) is 3. The smallest absolute Gasteiger partial charge is 0.338 e. The van der Waals surface area contributed by atoms with Crippen LogP contribution >= 0.6 is 0 Å². The van der Waals surface area contributed by atoms with Crippen molar-refractivity contribution < 1.29 is 9.90 Å². The molecule has 0 saturated heterocycles. The Morgan fingerprint density at radius 1 is 0.917 bits per heavy atom. The highest BCUT2D eigenvalue weighted by Crippen LogP contribution is 2.34. The van der Waals surface area contributed by atoms with Crippen molar-refractivity contribution in [2.24, 2.45) is 0 Å². The Kier molecular flexibility index (Phi) is 3.31. The third kappa shape index (κ3) is 2.32. The summed E-state index contributed by atoms with van der Waals surface area (Å²) in [7, 11) is 0. The van der Waals surface area contributed by atoms with Gasteiger partial charge in [0.2, 0.25) is 0 Å². The number of rotatable bonds is 3. The fraction of sp³-hybridized carbons (Fsp3) is 0. The Morgan fingerprint density at radius 2 is 1.54 bits per heavy atom. The van der Waals surface area contributed by atoms with Crippen molar-refractivity contribution in [3.63, 3.8) is 0 Å². The first-order chi connectivity index (χ1) is 11.7. The van der Waals surface area contributed by atoms with Gasteiger partial charge in [0.1, 0.15) is 5.69 Å². The molecule has 2 heterocycles. The number of aromatic nitrogens is 3. The van der Waals surface area contributed by atoms with Crippen molar-refractivity contribution in [1.29, 1.82) is 0 Å². The normalized spacial score (nSPS) is 10.8. The van der Waals surface area contributed by atoms with Crippen LogP contribution in [0.25, 0.3) is 28.0 Å². The second-order valence-corrected chi connectivity index (χ2v) is 5.37. The zero-order valence-electron chi connectivity index (χ0n) is 12.6. The standard InChI is InChI=1S/C19H13N3O2/c23-19(24)15-11-20-18-16(13-7-3-1-4-8-13)17(21-22(18)12-15)14-9-5-2-6-10-14/h1-12H,(H,23,24). The van der Waals surface area contributed by atoms with Gasteiger partial charge in [-0.2, -0.15) is 5.10 Å². The fourth-order valence-electron chi connectivity index (χ4n) is 2.71. The average molecular weight is 315 g/mol. The van der Waals surface area contributed by atoms with Crippen LogP contribution in [0.1, 0.15) is 10.4 Å². The number of hydrogen-bond donors (Lipinski definition) is 1. The van der Waals surface area contributed by atoms with E-state index in [0.29, 0.717) is 5.65 Å². The quantitative estimate of drug-likeness (QED) is 0.625. The van der Waals surface area contributed by atoms with E-state index in [-0.39, 0.29) is 5.56 Å². The van der Waals surface area contributed by atoms with Gasteiger partial charge in [-0.05, 0) is 5.56 Å². The van der Waals surface area contributed by atoms with E-state index in [9.17, 15) is 9.90 Å². The zero-order valence-corrected chi connectivity index (χ0v) is 12.6. The SMILES string of the molecule is O=C(O)c1cnc2c(-c3ccccc3)c(-c3ccccc3)nn2c1. The largest absolute Gasteiger partial charge is 0.478 e. The van der Waals surface area contributed by atoms with Gasteiger partial charge in [0, 0.05) is 18.0 Å². The second kappa shape index (κ2) is 5.62. The number of benzene rings is 2. The summed E-state index contributed by atoms with van der Waals surface area (Å²) in [5.41, 5.74) is 4.34. The fourth-order valence-corrected chi connectivity index (χ4v) is 2.71. The number of carboxylic acid groups (broad SMARTS) is 1. The predicted octanol–water partition coefficient (Wildman–Crippen LogP) is 3.76. The number of aromatic carboxylic acids is 1. The van der Waals surface area contributed by atoms with Gasteiger partial charge < -0.3 is 5.11 Å². The first-order valence-corrected chi connectivity index (χ1v) is 7.46. The molecule has 0 aliphatic heterocycles. The minimum Gasteiger partial charge on any atom is -0.478 e. The van der Waals surface area contributed by atoms with Crippen LogP contribution in [0.4, 0.5) is 0 Å². The molecule has 4 aromatic rings. The molecule has 5 nitrogen and oxygen atoms in total. The van der Waals surface area contributed by atoms with Gasteiger partial charge in [-0.1, -0.05) is 60.7 Å². The molecule has 0 spiro atoms. The second-order valence-electron chi connectivity index (χ2n) is 5.37.